The van der Waals surface area contributed by atoms with E-state index < -0.39 is 0 Å². The number of halogens is 1. The molecule has 1 aromatic rings. The number of carbonyl (C=O) groups excluding carboxylic acids is 1. The van der Waals surface area contributed by atoms with Crippen molar-refractivity contribution in [3.8, 4) is 5.75 Å². The molecule has 2 unspecified atom stereocenters. The summed E-state index contributed by atoms with van der Waals surface area (Å²) in [6.07, 6.45) is 1.65. The zero-order valence-electron chi connectivity index (χ0n) is 12.3. The van der Waals surface area contributed by atoms with E-state index in [0.29, 0.717) is 10.8 Å². The highest BCUT2D eigenvalue weighted by Crippen LogP contribution is 2.25. The van der Waals surface area contributed by atoms with Crippen LogP contribution < -0.4 is 15.8 Å². The molecule has 0 aliphatic rings. The van der Waals surface area contributed by atoms with Crippen LogP contribution in [-0.4, -0.2) is 24.6 Å². The molecule has 4 nitrogen and oxygen atoms in total. The minimum atomic E-state index is -0.143. The summed E-state index contributed by atoms with van der Waals surface area (Å²) >= 11 is 6.13. The molecule has 1 aromatic carbocycles. The minimum Gasteiger partial charge on any atom is -0.482 e. The van der Waals surface area contributed by atoms with Crippen LogP contribution in [0, 0.1) is 0 Å². The van der Waals surface area contributed by atoms with E-state index in [9.17, 15) is 4.79 Å². The Morgan fingerprint density at radius 1 is 1.45 bits per heavy atom. The van der Waals surface area contributed by atoms with Crippen molar-refractivity contribution in [1.29, 1.82) is 0 Å². The first-order valence-electron chi connectivity index (χ1n) is 6.88. The van der Waals surface area contributed by atoms with Crippen molar-refractivity contribution in [2.24, 2.45) is 5.73 Å². The van der Waals surface area contributed by atoms with Crippen LogP contribution in [-0.2, 0) is 11.2 Å². The number of rotatable bonds is 7. The molecule has 0 heterocycles. The van der Waals surface area contributed by atoms with Gasteiger partial charge in [0.1, 0.15) is 5.75 Å². The molecule has 0 saturated heterocycles. The van der Waals surface area contributed by atoms with Crippen LogP contribution in [0.5, 0.6) is 5.75 Å². The molecule has 0 spiro atoms. The second-order valence-corrected chi connectivity index (χ2v) is 5.52. The Morgan fingerprint density at radius 2 is 2.15 bits per heavy atom. The van der Waals surface area contributed by atoms with Crippen LogP contribution >= 0.6 is 11.6 Å². The van der Waals surface area contributed by atoms with Gasteiger partial charge in [-0.05, 0) is 44.4 Å². The Bertz CT molecular complexity index is 449. The summed E-state index contributed by atoms with van der Waals surface area (Å²) in [7, 11) is 0. The highest BCUT2D eigenvalue weighted by molar-refractivity contribution is 6.32. The summed E-state index contributed by atoms with van der Waals surface area (Å²) < 4.78 is 5.43. The number of nitrogens with one attached hydrogen (secondary N) is 1. The molecule has 0 saturated carbocycles. The van der Waals surface area contributed by atoms with E-state index in [-0.39, 0.29) is 24.6 Å². The number of nitrogens with two attached hydrogens (primary N) is 1. The molecule has 1 rings (SSSR count). The summed E-state index contributed by atoms with van der Waals surface area (Å²) in [5.41, 5.74) is 6.80. The highest BCUT2D eigenvalue weighted by atomic mass is 35.5. The maximum Gasteiger partial charge on any atom is 0.258 e. The molecule has 0 radical (unpaired) electrons. The Labute approximate surface area is 125 Å². The lowest BCUT2D eigenvalue weighted by molar-refractivity contribution is -0.123. The molecule has 0 bridgehead atoms. The molecule has 0 fully saturated rings. The fraction of sp³-hybridized carbons (Fsp3) is 0.533. The molecular formula is C15H23ClN2O2. The maximum atomic E-state index is 11.6. The van der Waals surface area contributed by atoms with Gasteiger partial charge in [-0.15, -0.1) is 0 Å². The van der Waals surface area contributed by atoms with Crippen LogP contribution in [0.3, 0.4) is 0 Å². The van der Waals surface area contributed by atoms with Crippen molar-refractivity contribution < 1.29 is 9.53 Å². The van der Waals surface area contributed by atoms with Gasteiger partial charge in [0.2, 0.25) is 0 Å². The molecule has 0 aliphatic carbocycles. The fourth-order valence-electron chi connectivity index (χ4n) is 1.72. The molecule has 0 aliphatic heterocycles. The van der Waals surface area contributed by atoms with Crippen molar-refractivity contribution in [2.45, 2.75) is 45.7 Å². The third-order valence-corrected chi connectivity index (χ3v) is 3.23. The first kappa shape index (κ1) is 16.8. The lowest BCUT2D eigenvalue weighted by Crippen LogP contribution is -2.35. The standard InChI is InChI=1S/C15H23ClN2O2/c1-4-11(3)18-15(19)9-20-14-6-5-12(7-10(2)17)8-13(14)16/h5-6,8,10-11H,4,7,9,17H2,1-3H3,(H,18,19). The van der Waals surface area contributed by atoms with E-state index in [4.69, 9.17) is 22.1 Å². The number of benzene rings is 1. The predicted octanol–water partition coefficient (Wildman–Crippen LogP) is 2.52. The lowest BCUT2D eigenvalue weighted by atomic mass is 10.1. The Kier molecular flexibility index (Phi) is 6.82. The van der Waals surface area contributed by atoms with Crippen molar-refractivity contribution in [3.05, 3.63) is 28.8 Å². The van der Waals surface area contributed by atoms with Crippen molar-refractivity contribution in [1.82, 2.24) is 5.32 Å². The summed E-state index contributed by atoms with van der Waals surface area (Å²) in [5.74, 6) is 0.370. The average molecular weight is 299 g/mol. The highest BCUT2D eigenvalue weighted by Gasteiger charge is 2.09. The van der Waals surface area contributed by atoms with Gasteiger partial charge >= 0.3 is 0 Å². The van der Waals surface area contributed by atoms with Gasteiger partial charge in [-0.3, -0.25) is 4.79 Å². The monoisotopic (exact) mass is 298 g/mol. The van der Waals surface area contributed by atoms with Gasteiger partial charge < -0.3 is 15.8 Å². The quantitative estimate of drug-likeness (QED) is 0.813. The SMILES string of the molecule is CCC(C)NC(=O)COc1ccc(CC(C)N)cc1Cl. The van der Waals surface area contributed by atoms with E-state index in [1.54, 1.807) is 6.07 Å². The van der Waals surface area contributed by atoms with Crippen LogP contribution in [0.4, 0.5) is 0 Å². The van der Waals surface area contributed by atoms with Crippen molar-refractivity contribution >= 4 is 17.5 Å². The lowest BCUT2D eigenvalue weighted by Gasteiger charge is -2.13. The molecule has 3 N–H and O–H groups in total. The zero-order valence-corrected chi connectivity index (χ0v) is 13.0. The number of hydrogen-bond donors (Lipinski definition) is 2. The third kappa shape index (κ3) is 5.80. The predicted molar refractivity (Wildman–Crippen MR) is 82.2 cm³/mol. The Morgan fingerprint density at radius 3 is 2.70 bits per heavy atom. The molecule has 20 heavy (non-hydrogen) atoms. The van der Waals surface area contributed by atoms with E-state index in [0.717, 1.165) is 18.4 Å². The molecule has 2 atom stereocenters. The van der Waals surface area contributed by atoms with Crippen LogP contribution in [0.2, 0.25) is 5.02 Å². The second kappa shape index (κ2) is 8.12. The van der Waals surface area contributed by atoms with E-state index in [2.05, 4.69) is 5.32 Å². The maximum absolute atomic E-state index is 11.6. The first-order valence-corrected chi connectivity index (χ1v) is 7.26. The fourth-order valence-corrected chi connectivity index (χ4v) is 1.98. The van der Waals surface area contributed by atoms with Crippen LogP contribution in [0.15, 0.2) is 18.2 Å². The smallest absolute Gasteiger partial charge is 0.258 e. The molecule has 0 aromatic heterocycles. The number of hydrogen-bond acceptors (Lipinski definition) is 3. The third-order valence-electron chi connectivity index (χ3n) is 2.93. The van der Waals surface area contributed by atoms with Gasteiger partial charge in [-0.1, -0.05) is 24.6 Å². The first-order chi connectivity index (χ1) is 9.42. The summed E-state index contributed by atoms with van der Waals surface area (Å²) in [5, 5.41) is 3.33. The van der Waals surface area contributed by atoms with Gasteiger partial charge in [0.25, 0.3) is 5.91 Å². The summed E-state index contributed by atoms with van der Waals surface area (Å²) in [6, 6.07) is 5.75. The number of ether oxygens (including phenoxy) is 1. The van der Waals surface area contributed by atoms with Crippen molar-refractivity contribution in [3.63, 3.8) is 0 Å². The van der Waals surface area contributed by atoms with E-state index in [1.807, 2.05) is 32.9 Å². The minimum absolute atomic E-state index is 0.0311. The van der Waals surface area contributed by atoms with Crippen LogP contribution in [0.1, 0.15) is 32.8 Å². The summed E-state index contributed by atoms with van der Waals surface area (Å²) in [4.78, 5) is 11.6. The topological polar surface area (TPSA) is 64.3 Å². The molecular weight excluding hydrogens is 276 g/mol. The molecule has 5 heteroatoms. The van der Waals surface area contributed by atoms with Crippen LogP contribution in [0.25, 0.3) is 0 Å². The largest absolute Gasteiger partial charge is 0.482 e. The molecule has 1 amide bonds. The van der Waals surface area contributed by atoms with Gasteiger partial charge in [0.05, 0.1) is 5.02 Å². The Balaban J connectivity index is 2.54. The summed E-state index contributed by atoms with van der Waals surface area (Å²) in [6.45, 7) is 5.88. The normalized spacial score (nSPS) is 13.7. The zero-order chi connectivity index (χ0) is 15.1. The van der Waals surface area contributed by atoms with Gasteiger partial charge in [-0.2, -0.15) is 0 Å². The van der Waals surface area contributed by atoms with E-state index >= 15 is 0 Å². The number of carbonyl (C=O) groups is 1. The number of amides is 1. The van der Waals surface area contributed by atoms with Gasteiger partial charge in [-0.25, -0.2) is 0 Å². The van der Waals surface area contributed by atoms with Crippen molar-refractivity contribution in [2.75, 3.05) is 6.61 Å². The van der Waals surface area contributed by atoms with Gasteiger partial charge in [0.15, 0.2) is 6.61 Å². The second-order valence-electron chi connectivity index (χ2n) is 5.11. The van der Waals surface area contributed by atoms with Gasteiger partial charge in [0, 0.05) is 12.1 Å². The average Bonchev–Trinajstić information content (AvgIpc) is 2.36. The Hall–Kier alpha value is -1.26. The molecule has 112 valence electrons. The van der Waals surface area contributed by atoms with E-state index in [1.165, 1.54) is 0 Å².